The number of carbonyl (C=O) groups excluding carboxylic acids is 2. The second-order valence-corrected chi connectivity index (χ2v) is 6.99. The lowest BCUT2D eigenvalue weighted by Crippen LogP contribution is -2.17. The number of hydrogen-bond acceptors (Lipinski definition) is 5. The number of rotatable bonds is 7. The summed E-state index contributed by atoms with van der Waals surface area (Å²) in [6.07, 6.45) is 5.69. The van der Waals surface area contributed by atoms with Gasteiger partial charge in [-0.15, -0.1) is 11.3 Å². The van der Waals surface area contributed by atoms with Crippen molar-refractivity contribution in [1.29, 1.82) is 0 Å². The molecule has 0 aromatic carbocycles. The monoisotopic (exact) mass is 337 g/mol. The third-order valence-corrected chi connectivity index (χ3v) is 5.20. The average molecular weight is 337 g/mol. The lowest BCUT2D eigenvalue weighted by molar-refractivity contribution is -0.116. The summed E-state index contributed by atoms with van der Waals surface area (Å²) in [5.41, 5.74) is 1.59. The molecule has 0 spiro atoms. The number of anilines is 1. The van der Waals surface area contributed by atoms with Gasteiger partial charge in [0.1, 0.15) is 5.00 Å². The summed E-state index contributed by atoms with van der Waals surface area (Å²) in [5.74, 6) is 0.0588. The van der Waals surface area contributed by atoms with Crippen LogP contribution in [0.15, 0.2) is 5.38 Å². The zero-order valence-electron chi connectivity index (χ0n) is 13.4. The summed E-state index contributed by atoms with van der Waals surface area (Å²) >= 11 is 1.42. The van der Waals surface area contributed by atoms with Crippen LogP contribution in [0.25, 0.3) is 0 Å². The Kier molecular flexibility index (Phi) is 5.33. The van der Waals surface area contributed by atoms with Gasteiger partial charge in [-0.3, -0.25) is 4.79 Å². The number of amides is 1. The second kappa shape index (κ2) is 7.45. The summed E-state index contributed by atoms with van der Waals surface area (Å²) in [5, 5.41) is 5.51. The highest BCUT2D eigenvalue weighted by Gasteiger charge is 2.32. The molecule has 1 saturated carbocycles. The molecule has 6 heteroatoms. The lowest BCUT2D eigenvalue weighted by atomic mass is 10.1. The molecule has 23 heavy (non-hydrogen) atoms. The Bertz CT molecular complexity index is 573. The van der Waals surface area contributed by atoms with E-state index in [1.807, 2.05) is 5.38 Å². The first-order chi connectivity index (χ1) is 11.2. The van der Waals surface area contributed by atoms with Gasteiger partial charge in [0.25, 0.3) is 0 Å². The van der Waals surface area contributed by atoms with E-state index in [4.69, 9.17) is 9.47 Å². The van der Waals surface area contributed by atoms with Crippen LogP contribution >= 0.6 is 11.3 Å². The zero-order valence-corrected chi connectivity index (χ0v) is 14.2. The van der Waals surface area contributed by atoms with Crippen molar-refractivity contribution in [3.8, 4) is 0 Å². The standard InChI is InChI=1S/C17H23NO4S/c1-2-21-17(20)15-13(11-5-6-11)10-23-16(15)18-14(19)8-7-12-4-3-9-22-12/h10-12H,2-9H2,1H3,(H,18,19). The molecule has 1 aliphatic carbocycles. The van der Waals surface area contributed by atoms with Gasteiger partial charge >= 0.3 is 5.97 Å². The van der Waals surface area contributed by atoms with E-state index in [-0.39, 0.29) is 18.0 Å². The van der Waals surface area contributed by atoms with Crippen molar-refractivity contribution in [3.05, 3.63) is 16.5 Å². The highest BCUT2D eigenvalue weighted by atomic mass is 32.1. The van der Waals surface area contributed by atoms with Crippen molar-refractivity contribution in [2.75, 3.05) is 18.5 Å². The van der Waals surface area contributed by atoms with Crippen LogP contribution in [0.3, 0.4) is 0 Å². The molecule has 1 N–H and O–H groups in total. The van der Waals surface area contributed by atoms with E-state index in [9.17, 15) is 9.59 Å². The molecule has 2 heterocycles. The number of nitrogens with one attached hydrogen (secondary N) is 1. The molecule has 2 fully saturated rings. The predicted octanol–water partition coefficient (Wildman–Crippen LogP) is 3.70. The SMILES string of the molecule is CCOC(=O)c1c(C2CC2)csc1NC(=O)CCC1CCCO1. The maximum atomic E-state index is 12.2. The van der Waals surface area contributed by atoms with E-state index in [0.717, 1.165) is 44.3 Å². The molecule has 0 bridgehead atoms. The van der Waals surface area contributed by atoms with Crippen LogP contribution < -0.4 is 5.32 Å². The molecule has 3 rings (SSSR count). The first kappa shape index (κ1) is 16.5. The van der Waals surface area contributed by atoms with Gasteiger partial charge in [0.05, 0.1) is 18.3 Å². The average Bonchev–Trinajstić information content (AvgIpc) is 3.08. The molecular formula is C17H23NO4S. The Labute approximate surface area is 140 Å². The van der Waals surface area contributed by atoms with Crippen molar-refractivity contribution < 1.29 is 19.1 Å². The smallest absolute Gasteiger partial charge is 0.341 e. The van der Waals surface area contributed by atoms with Gasteiger partial charge in [-0.05, 0) is 55.9 Å². The Morgan fingerprint density at radius 3 is 2.87 bits per heavy atom. The van der Waals surface area contributed by atoms with Crippen molar-refractivity contribution >= 4 is 28.2 Å². The van der Waals surface area contributed by atoms with E-state index in [1.54, 1.807) is 6.92 Å². The number of ether oxygens (including phenoxy) is 2. The van der Waals surface area contributed by atoms with Crippen LogP contribution in [0.5, 0.6) is 0 Å². The fourth-order valence-corrected chi connectivity index (χ4v) is 3.97. The Morgan fingerprint density at radius 1 is 1.39 bits per heavy atom. The minimum atomic E-state index is -0.329. The maximum absolute atomic E-state index is 12.2. The fraction of sp³-hybridized carbons (Fsp3) is 0.647. The first-order valence-electron chi connectivity index (χ1n) is 8.39. The van der Waals surface area contributed by atoms with Gasteiger partial charge in [0.15, 0.2) is 0 Å². The molecule has 5 nitrogen and oxygen atoms in total. The number of hydrogen-bond donors (Lipinski definition) is 1. The van der Waals surface area contributed by atoms with Gasteiger partial charge in [0, 0.05) is 13.0 Å². The molecule has 126 valence electrons. The quantitative estimate of drug-likeness (QED) is 0.771. The van der Waals surface area contributed by atoms with E-state index in [2.05, 4.69) is 5.32 Å². The topological polar surface area (TPSA) is 64.6 Å². The highest BCUT2D eigenvalue weighted by Crippen LogP contribution is 2.46. The van der Waals surface area contributed by atoms with Crippen LogP contribution in [0.1, 0.15) is 67.3 Å². The minimum Gasteiger partial charge on any atom is -0.462 e. The Morgan fingerprint density at radius 2 is 2.22 bits per heavy atom. The van der Waals surface area contributed by atoms with E-state index >= 15 is 0 Å². The Hall–Kier alpha value is -1.40. The van der Waals surface area contributed by atoms with Gasteiger partial charge in [0.2, 0.25) is 5.91 Å². The lowest BCUT2D eigenvalue weighted by Gasteiger charge is -2.10. The molecule has 1 saturated heterocycles. The highest BCUT2D eigenvalue weighted by molar-refractivity contribution is 7.15. The van der Waals surface area contributed by atoms with Crippen molar-refractivity contribution in [3.63, 3.8) is 0 Å². The number of esters is 1. The molecule has 1 aromatic rings. The van der Waals surface area contributed by atoms with Crippen molar-refractivity contribution in [1.82, 2.24) is 0 Å². The van der Waals surface area contributed by atoms with Crippen LogP contribution in [0.4, 0.5) is 5.00 Å². The largest absolute Gasteiger partial charge is 0.462 e. The normalized spacial score (nSPS) is 20.5. The van der Waals surface area contributed by atoms with E-state index < -0.39 is 0 Å². The van der Waals surface area contributed by atoms with Gasteiger partial charge in [-0.2, -0.15) is 0 Å². The summed E-state index contributed by atoms with van der Waals surface area (Å²) in [6.45, 7) is 2.93. The second-order valence-electron chi connectivity index (χ2n) is 6.11. The molecule has 2 aliphatic rings. The predicted molar refractivity (Wildman–Crippen MR) is 89.1 cm³/mol. The van der Waals surface area contributed by atoms with Crippen LogP contribution in [-0.2, 0) is 14.3 Å². The minimum absolute atomic E-state index is 0.0600. The molecule has 1 amide bonds. The van der Waals surface area contributed by atoms with Crippen molar-refractivity contribution in [2.24, 2.45) is 0 Å². The Balaban J connectivity index is 1.64. The summed E-state index contributed by atoms with van der Waals surface area (Å²) in [7, 11) is 0. The first-order valence-corrected chi connectivity index (χ1v) is 9.27. The zero-order chi connectivity index (χ0) is 16.2. The molecule has 1 unspecified atom stereocenters. The van der Waals surface area contributed by atoms with Crippen LogP contribution in [0, 0.1) is 0 Å². The molecule has 1 aromatic heterocycles. The van der Waals surface area contributed by atoms with Gasteiger partial charge in [-0.1, -0.05) is 0 Å². The molecule has 0 radical (unpaired) electrons. The molecule has 1 aliphatic heterocycles. The van der Waals surface area contributed by atoms with E-state index in [1.165, 1.54) is 11.3 Å². The van der Waals surface area contributed by atoms with Crippen LogP contribution in [0.2, 0.25) is 0 Å². The summed E-state index contributed by atoms with van der Waals surface area (Å²) in [6, 6.07) is 0. The third kappa shape index (κ3) is 4.12. The number of thiophene rings is 1. The van der Waals surface area contributed by atoms with Gasteiger partial charge in [-0.25, -0.2) is 4.79 Å². The third-order valence-electron chi connectivity index (χ3n) is 4.29. The molecule has 1 atom stereocenters. The fourth-order valence-electron chi connectivity index (χ4n) is 2.93. The summed E-state index contributed by atoms with van der Waals surface area (Å²) < 4.78 is 10.7. The van der Waals surface area contributed by atoms with Crippen LogP contribution in [-0.4, -0.2) is 31.2 Å². The molecular weight excluding hydrogens is 314 g/mol. The summed E-state index contributed by atoms with van der Waals surface area (Å²) in [4.78, 5) is 24.4. The van der Waals surface area contributed by atoms with E-state index in [0.29, 0.717) is 29.5 Å². The van der Waals surface area contributed by atoms with Gasteiger partial charge < -0.3 is 14.8 Å². The number of carbonyl (C=O) groups is 2. The maximum Gasteiger partial charge on any atom is 0.341 e. The van der Waals surface area contributed by atoms with Crippen molar-refractivity contribution in [2.45, 2.75) is 57.5 Å².